The van der Waals surface area contributed by atoms with E-state index in [1.807, 2.05) is 0 Å². The largest absolute Gasteiger partial charge is 0.263 e. The van der Waals surface area contributed by atoms with Gasteiger partial charge in [-0.3, -0.25) is 4.98 Å². The quantitative estimate of drug-likeness (QED) is 0.623. The van der Waals surface area contributed by atoms with E-state index in [2.05, 4.69) is 4.98 Å². The lowest BCUT2D eigenvalue weighted by Crippen LogP contribution is -1.99. The minimum absolute atomic E-state index is 0.0716. The summed E-state index contributed by atoms with van der Waals surface area (Å²) in [5, 5.41) is 0.518. The van der Waals surface area contributed by atoms with E-state index in [1.54, 1.807) is 12.3 Å². The fraction of sp³-hybridized carbons (Fsp3) is 0.286. The van der Waals surface area contributed by atoms with E-state index in [4.69, 9.17) is 22.3 Å². The number of pyridine rings is 1. The van der Waals surface area contributed by atoms with Crippen LogP contribution in [-0.2, 0) is 9.05 Å². The van der Waals surface area contributed by atoms with Gasteiger partial charge >= 0.3 is 0 Å². The first-order valence-corrected chi connectivity index (χ1v) is 7.48. The lowest BCUT2D eigenvalue weighted by molar-refractivity contribution is 0.611. The summed E-state index contributed by atoms with van der Waals surface area (Å²) >= 11 is 7.15. The lowest BCUT2D eigenvalue weighted by atomic mass is 10.5. The zero-order chi connectivity index (χ0) is 10.6. The minimum atomic E-state index is -3.41. The molecule has 0 aliphatic carbocycles. The first-order valence-electron chi connectivity index (χ1n) is 3.64. The third-order valence-corrected chi connectivity index (χ3v) is 4.22. The summed E-state index contributed by atoms with van der Waals surface area (Å²) in [5.74, 6) is 0.313. The van der Waals surface area contributed by atoms with Crippen LogP contribution >= 0.6 is 34.0 Å². The highest BCUT2D eigenvalue weighted by atomic mass is 35.7. The normalized spacial score (nSPS) is 11.6. The molecule has 0 aliphatic heterocycles. The van der Waals surface area contributed by atoms with Crippen molar-refractivity contribution in [3.63, 3.8) is 0 Å². The Kier molecular flexibility index (Phi) is 4.50. The third-order valence-electron chi connectivity index (χ3n) is 1.32. The highest BCUT2D eigenvalue weighted by Crippen LogP contribution is 2.25. The van der Waals surface area contributed by atoms with Gasteiger partial charge in [-0.2, -0.15) is 0 Å². The van der Waals surface area contributed by atoms with Crippen molar-refractivity contribution in [1.82, 2.24) is 4.98 Å². The van der Waals surface area contributed by atoms with Crippen molar-refractivity contribution < 1.29 is 8.42 Å². The molecule has 0 radical (unpaired) electrons. The molecule has 0 spiro atoms. The van der Waals surface area contributed by atoms with Gasteiger partial charge in [0, 0.05) is 33.7 Å². The molecule has 0 bridgehead atoms. The second-order valence-corrected chi connectivity index (χ2v) is 6.84. The standard InChI is InChI=1S/C7H7Cl2NO2S2/c8-6-5-10-2-1-7(6)13-3-4-14(9,11)12/h1-2,5H,3-4H2. The van der Waals surface area contributed by atoms with Crippen LogP contribution in [0, 0.1) is 0 Å². The first-order chi connectivity index (χ1) is 6.49. The molecule has 1 heterocycles. The van der Waals surface area contributed by atoms with E-state index in [0.717, 1.165) is 4.90 Å². The molecule has 78 valence electrons. The van der Waals surface area contributed by atoms with Gasteiger partial charge in [0.1, 0.15) is 0 Å². The zero-order valence-corrected chi connectivity index (χ0v) is 10.1. The maximum absolute atomic E-state index is 10.6. The van der Waals surface area contributed by atoms with Crippen molar-refractivity contribution in [1.29, 1.82) is 0 Å². The predicted octanol–water partition coefficient (Wildman–Crippen LogP) is 2.40. The van der Waals surface area contributed by atoms with Crippen LogP contribution < -0.4 is 0 Å². The van der Waals surface area contributed by atoms with Crippen molar-refractivity contribution >= 4 is 43.1 Å². The number of hydrogen-bond acceptors (Lipinski definition) is 4. The summed E-state index contributed by atoms with van der Waals surface area (Å²) in [6.45, 7) is 0. The summed E-state index contributed by atoms with van der Waals surface area (Å²) < 4.78 is 21.2. The Morgan fingerprint density at radius 1 is 1.50 bits per heavy atom. The van der Waals surface area contributed by atoms with E-state index in [0.29, 0.717) is 10.8 Å². The molecule has 3 nitrogen and oxygen atoms in total. The Morgan fingerprint density at radius 3 is 2.79 bits per heavy atom. The predicted molar refractivity (Wildman–Crippen MR) is 59.6 cm³/mol. The molecule has 0 amide bonds. The molecule has 0 atom stereocenters. The molecule has 0 saturated carbocycles. The maximum atomic E-state index is 10.6. The van der Waals surface area contributed by atoms with Crippen LogP contribution in [0.15, 0.2) is 23.4 Å². The average Bonchev–Trinajstić information content (AvgIpc) is 2.06. The smallest absolute Gasteiger partial charge is 0.233 e. The SMILES string of the molecule is O=S(=O)(Cl)CCSc1ccncc1Cl. The summed E-state index contributed by atoms with van der Waals surface area (Å²) in [6.07, 6.45) is 3.11. The van der Waals surface area contributed by atoms with Crippen LogP contribution in [0.25, 0.3) is 0 Å². The van der Waals surface area contributed by atoms with Crippen LogP contribution in [0.1, 0.15) is 0 Å². The molecular formula is C7H7Cl2NO2S2. The van der Waals surface area contributed by atoms with E-state index in [9.17, 15) is 8.42 Å². The molecular weight excluding hydrogens is 265 g/mol. The Balaban J connectivity index is 2.51. The van der Waals surface area contributed by atoms with Gasteiger partial charge in [0.15, 0.2) is 0 Å². The summed E-state index contributed by atoms with van der Waals surface area (Å²) in [5.41, 5.74) is 0. The van der Waals surface area contributed by atoms with Crippen LogP contribution in [0.4, 0.5) is 0 Å². The number of nitrogens with zero attached hydrogens (tertiary/aromatic N) is 1. The fourth-order valence-electron chi connectivity index (χ4n) is 0.731. The highest BCUT2D eigenvalue weighted by Gasteiger charge is 2.06. The van der Waals surface area contributed by atoms with Crippen molar-refractivity contribution in [3.05, 3.63) is 23.5 Å². The summed E-state index contributed by atoms with van der Waals surface area (Å²) in [6, 6.07) is 1.73. The van der Waals surface area contributed by atoms with E-state index in [1.165, 1.54) is 18.0 Å². The van der Waals surface area contributed by atoms with Gasteiger partial charge in [0.2, 0.25) is 9.05 Å². The number of thioether (sulfide) groups is 1. The van der Waals surface area contributed by atoms with Crippen molar-refractivity contribution in [2.45, 2.75) is 4.90 Å². The monoisotopic (exact) mass is 271 g/mol. The molecule has 0 aromatic carbocycles. The molecule has 1 aromatic rings. The van der Waals surface area contributed by atoms with Gasteiger partial charge in [-0.05, 0) is 6.07 Å². The lowest BCUT2D eigenvalue weighted by Gasteiger charge is -2.01. The van der Waals surface area contributed by atoms with Crippen LogP contribution in [0.5, 0.6) is 0 Å². The number of hydrogen-bond donors (Lipinski definition) is 0. The van der Waals surface area contributed by atoms with Crippen molar-refractivity contribution in [3.8, 4) is 0 Å². The van der Waals surface area contributed by atoms with E-state index >= 15 is 0 Å². The number of aromatic nitrogens is 1. The van der Waals surface area contributed by atoms with Crippen LogP contribution in [0.3, 0.4) is 0 Å². The molecule has 14 heavy (non-hydrogen) atoms. The zero-order valence-electron chi connectivity index (χ0n) is 6.98. The van der Waals surface area contributed by atoms with Crippen LogP contribution in [0.2, 0.25) is 5.02 Å². The van der Waals surface area contributed by atoms with E-state index in [-0.39, 0.29) is 5.75 Å². The first kappa shape index (κ1) is 12.1. The van der Waals surface area contributed by atoms with Gasteiger partial charge in [-0.1, -0.05) is 11.6 Å². The molecule has 7 heteroatoms. The molecule has 1 rings (SSSR count). The minimum Gasteiger partial charge on any atom is -0.263 e. The van der Waals surface area contributed by atoms with E-state index < -0.39 is 9.05 Å². The number of halogens is 2. The molecule has 0 fully saturated rings. The highest BCUT2D eigenvalue weighted by molar-refractivity contribution is 8.14. The molecule has 0 unspecified atom stereocenters. The third kappa shape index (κ3) is 4.50. The van der Waals surface area contributed by atoms with Crippen molar-refractivity contribution in [2.24, 2.45) is 0 Å². The van der Waals surface area contributed by atoms with Gasteiger partial charge in [0.05, 0.1) is 10.8 Å². The second kappa shape index (κ2) is 5.21. The Bertz CT molecular complexity index is 408. The van der Waals surface area contributed by atoms with Gasteiger partial charge in [-0.25, -0.2) is 8.42 Å². The van der Waals surface area contributed by atoms with Gasteiger partial charge < -0.3 is 0 Å². The molecule has 0 N–H and O–H groups in total. The van der Waals surface area contributed by atoms with Gasteiger partial charge in [-0.15, -0.1) is 11.8 Å². The summed E-state index contributed by atoms with van der Waals surface area (Å²) in [7, 11) is 1.64. The fourth-order valence-corrected chi connectivity index (χ4v) is 3.28. The molecule has 1 aromatic heterocycles. The average molecular weight is 272 g/mol. The topological polar surface area (TPSA) is 47.0 Å². The maximum Gasteiger partial charge on any atom is 0.233 e. The Morgan fingerprint density at radius 2 is 2.21 bits per heavy atom. The summed E-state index contributed by atoms with van der Waals surface area (Å²) in [4.78, 5) is 4.62. The second-order valence-electron chi connectivity index (χ2n) is 2.40. The Labute approximate surface area is 96.2 Å². The molecule has 0 saturated heterocycles. The van der Waals surface area contributed by atoms with Crippen LogP contribution in [-0.4, -0.2) is 24.9 Å². The Hall–Kier alpha value is 0.0300. The molecule has 0 aliphatic rings. The number of rotatable bonds is 4. The van der Waals surface area contributed by atoms with Crippen molar-refractivity contribution in [2.75, 3.05) is 11.5 Å². The van der Waals surface area contributed by atoms with Gasteiger partial charge in [0.25, 0.3) is 0 Å².